The number of methoxy groups -OCH3 is 1. The average Bonchev–Trinajstić information content (AvgIpc) is 3.17. The first-order valence-electron chi connectivity index (χ1n) is 8.10. The number of rotatable bonds is 5. The van der Waals surface area contributed by atoms with Gasteiger partial charge in [0.15, 0.2) is 5.96 Å². The lowest BCUT2D eigenvalue weighted by molar-refractivity contribution is 0.0987. The number of aliphatic imine (C=N–C) groups is 1. The zero-order valence-electron chi connectivity index (χ0n) is 13.6. The second-order valence-corrected chi connectivity index (χ2v) is 6.53. The van der Waals surface area contributed by atoms with Gasteiger partial charge in [0.25, 0.3) is 0 Å². The topological polar surface area (TPSA) is 54.9 Å². The molecule has 2 aliphatic heterocycles. The van der Waals surface area contributed by atoms with Crippen molar-refractivity contribution < 1.29 is 9.47 Å². The lowest BCUT2D eigenvalue weighted by atomic mass is 9.96. The molecular formula is C17H24ClN3O2. The Balaban J connectivity index is 1.54. The Labute approximate surface area is 142 Å². The lowest BCUT2D eigenvalue weighted by Gasteiger charge is -2.24. The summed E-state index contributed by atoms with van der Waals surface area (Å²) < 4.78 is 11.5. The molecule has 2 bridgehead atoms. The lowest BCUT2D eigenvalue weighted by Crippen LogP contribution is -2.48. The molecule has 0 saturated carbocycles. The van der Waals surface area contributed by atoms with Crippen molar-refractivity contribution in [2.24, 2.45) is 4.99 Å². The fourth-order valence-electron chi connectivity index (χ4n) is 3.39. The Hall–Kier alpha value is -1.30. The van der Waals surface area contributed by atoms with Crippen LogP contribution in [0.1, 0.15) is 30.9 Å². The summed E-state index contributed by atoms with van der Waals surface area (Å²) in [5, 5.41) is 7.53. The van der Waals surface area contributed by atoms with E-state index in [0.29, 0.717) is 29.8 Å². The van der Waals surface area contributed by atoms with Gasteiger partial charge in [-0.05, 0) is 37.0 Å². The van der Waals surface area contributed by atoms with Crippen LogP contribution in [-0.4, -0.2) is 44.9 Å². The largest absolute Gasteiger partial charge is 0.375 e. The second kappa shape index (κ2) is 7.51. The van der Waals surface area contributed by atoms with Crippen LogP contribution in [0.5, 0.6) is 0 Å². The van der Waals surface area contributed by atoms with Crippen molar-refractivity contribution in [3.63, 3.8) is 0 Å². The van der Waals surface area contributed by atoms with E-state index in [0.717, 1.165) is 24.4 Å². The molecule has 1 aromatic rings. The smallest absolute Gasteiger partial charge is 0.191 e. The summed E-state index contributed by atoms with van der Waals surface area (Å²) in [4.78, 5) is 4.31. The van der Waals surface area contributed by atoms with Crippen LogP contribution < -0.4 is 10.6 Å². The number of guanidine groups is 1. The van der Waals surface area contributed by atoms with Gasteiger partial charge in [0.1, 0.15) is 0 Å². The van der Waals surface area contributed by atoms with Gasteiger partial charge in [0.2, 0.25) is 0 Å². The van der Waals surface area contributed by atoms with Crippen LogP contribution >= 0.6 is 11.6 Å². The Morgan fingerprint density at radius 3 is 2.96 bits per heavy atom. The van der Waals surface area contributed by atoms with E-state index in [1.165, 1.54) is 6.42 Å². The van der Waals surface area contributed by atoms with Gasteiger partial charge in [-0.1, -0.05) is 23.7 Å². The van der Waals surface area contributed by atoms with Crippen LogP contribution in [0.15, 0.2) is 29.3 Å². The minimum atomic E-state index is -0.0801. The fourth-order valence-corrected chi connectivity index (χ4v) is 3.59. The third-order valence-electron chi connectivity index (χ3n) is 4.61. The van der Waals surface area contributed by atoms with Crippen LogP contribution in [0.4, 0.5) is 0 Å². The molecule has 6 heteroatoms. The molecule has 126 valence electrons. The highest BCUT2D eigenvalue weighted by molar-refractivity contribution is 6.30. The van der Waals surface area contributed by atoms with Gasteiger partial charge >= 0.3 is 0 Å². The molecule has 1 aromatic carbocycles. The van der Waals surface area contributed by atoms with Crippen LogP contribution in [-0.2, 0) is 9.47 Å². The molecule has 0 aromatic heterocycles. The average molecular weight is 338 g/mol. The van der Waals surface area contributed by atoms with Crippen molar-refractivity contribution in [2.45, 2.75) is 43.6 Å². The SMILES string of the molecule is CN=C(NCC(OC)c1cccc(Cl)c1)NC1CC2CCC1O2. The molecule has 3 rings (SSSR count). The maximum Gasteiger partial charge on any atom is 0.191 e. The van der Waals surface area contributed by atoms with E-state index in [-0.39, 0.29) is 6.10 Å². The first-order chi connectivity index (χ1) is 11.2. The molecule has 2 aliphatic rings. The number of benzene rings is 1. The Kier molecular flexibility index (Phi) is 5.41. The van der Waals surface area contributed by atoms with E-state index >= 15 is 0 Å². The van der Waals surface area contributed by atoms with Crippen molar-refractivity contribution >= 4 is 17.6 Å². The zero-order valence-corrected chi connectivity index (χ0v) is 14.3. The summed E-state index contributed by atoms with van der Waals surface area (Å²) in [7, 11) is 3.48. The van der Waals surface area contributed by atoms with Gasteiger partial charge < -0.3 is 20.1 Å². The van der Waals surface area contributed by atoms with Crippen molar-refractivity contribution in [1.29, 1.82) is 0 Å². The Morgan fingerprint density at radius 1 is 1.48 bits per heavy atom. The predicted octanol–water partition coefficient (Wildman–Crippen LogP) is 2.51. The van der Waals surface area contributed by atoms with Crippen LogP contribution in [0.25, 0.3) is 0 Å². The highest BCUT2D eigenvalue weighted by Gasteiger charge is 2.41. The van der Waals surface area contributed by atoms with Crippen molar-refractivity contribution in [1.82, 2.24) is 10.6 Å². The maximum absolute atomic E-state index is 6.06. The summed E-state index contributed by atoms with van der Waals surface area (Å²) in [6, 6.07) is 8.09. The van der Waals surface area contributed by atoms with Crippen LogP contribution in [0.2, 0.25) is 5.02 Å². The third-order valence-corrected chi connectivity index (χ3v) is 4.85. The molecule has 23 heavy (non-hydrogen) atoms. The molecule has 0 aliphatic carbocycles. The van der Waals surface area contributed by atoms with Crippen LogP contribution in [0, 0.1) is 0 Å². The molecule has 2 heterocycles. The summed E-state index contributed by atoms with van der Waals surface area (Å²) in [5.41, 5.74) is 1.05. The third kappa shape index (κ3) is 3.97. The first-order valence-corrected chi connectivity index (χ1v) is 8.48. The fraction of sp³-hybridized carbons (Fsp3) is 0.588. The van der Waals surface area contributed by atoms with Gasteiger partial charge in [0.05, 0.1) is 24.4 Å². The quantitative estimate of drug-likeness (QED) is 0.640. The van der Waals surface area contributed by atoms with Gasteiger partial charge in [0, 0.05) is 25.7 Å². The number of nitrogens with zero attached hydrogens (tertiary/aromatic N) is 1. The molecule has 2 saturated heterocycles. The van der Waals surface area contributed by atoms with E-state index in [1.54, 1.807) is 14.2 Å². The number of hydrogen-bond acceptors (Lipinski definition) is 3. The summed E-state index contributed by atoms with van der Waals surface area (Å²) in [5.74, 6) is 0.787. The predicted molar refractivity (Wildman–Crippen MR) is 92.0 cm³/mol. The molecule has 4 atom stereocenters. The van der Waals surface area contributed by atoms with E-state index in [9.17, 15) is 0 Å². The monoisotopic (exact) mass is 337 g/mol. The summed E-state index contributed by atoms with van der Waals surface area (Å²) in [6.07, 6.45) is 4.06. The molecule has 0 radical (unpaired) electrons. The number of halogens is 1. The van der Waals surface area contributed by atoms with Crippen LogP contribution in [0.3, 0.4) is 0 Å². The molecular weight excluding hydrogens is 314 g/mol. The van der Waals surface area contributed by atoms with E-state index in [4.69, 9.17) is 21.1 Å². The normalized spacial score (nSPS) is 28.0. The van der Waals surface area contributed by atoms with Gasteiger partial charge in [-0.3, -0.25) is 4.99 Å². The maximum atomic E-state index is 6.06. The molecule has 5 nitrogen and oxygen atoms in total. The number of fused-ring (bicyclic) bond motifs is 2. The van der Waals surface area contributed by atoms with Gasteiger partial charge in [-0.15, -0.1) is 0 Å². The number of nitrogens with one attached hydrogen (secondary N) is 2. The molecule has 0 spiro atoms. The zero-order chi connectivity index (χ0) is 16.2. The summed E-state index contributed by atoms with van der Waals surface area (Å²) in [6.45, 7) is 0.623. The summed E-state index contributed by atoms with van der Waals surface area (Å²) >= 11 is 6.06. The van der Waals surface area contributed by atoms with E-state index in [1.807, 2.05) is 24.3 Å². The highest BCUT2D eigenvalue weighted by Crippen LogP contribution is 2.34. The highest BCUT2D eigenvalue weighted by atomic mass is 35.5. The Bertz CT molecular complexity index is 567. The van der Waals surface area contributed by atoms with Crippen molar-refractivity contribution in [2.75, 3.05) is 20.7 Å². The minimum Gasteiger partial charge on any atom is -0.375 e. The minimum absolute atomic E-state index is 0.0801. The van der Waals surface area contributed by atoms with Gasteiger partial charge in [-0.2, -0.15) is 0 Å². The van der Waals surface area contributed by atoms with E-state index in [2.05, 4.69) is 15.6 Å². The van der Waals surface area contributed by atoms with Crippen molar-refractivity contribution in [3.05, 3.63) is 34.9 Å². The molecule has 2 fully saturated rings. The number of ether oxygens (including phenoxy) is 2. The molecule has 2 N–H and O–H groups in total. The Morgan fingerprint density at radius 2 is 2.35 bits per heavy atom. The first kappa shape index (κ1) is 16.6. The standard InChI is InChI=1S/C17H24ClN3O2/c1-19-17(21-14-9-13-6-7-15(14)23-13)20-10-16(22-2)11-4-3-5-12(18)8-11/h3-5,8,13-16H,6-7,9-10H2,1-2H3,(H2,19,20,21). The van der Waals surface area contributed by atoms with Gasteiger partial charge in [-0.25, -0.2) is 0 Å². The molecule has 4 unspecified atom stereocenters. The molecule has 0 amide bonds. The van der Waals surface area contributed by atoms with E-state index < -0.39 is 0 Å². The number of hydrogen-bond donors (Lipinski definition) is 2. The van der Waals surface area contributed by atoms with Crippen molar-refractivity contribution in [3.8, 4) is 0 Å². The second-order valence-electron chi connectivity index (χ2n) is 6.09.